The van der Waals surface area contributed by atoms with Gasteiger partial charge in [-0.05, 0) is 40.8 Å². The number of hydrogen-bond acceptors (Lipinski definition) is 3. The Morgan fingerprint density at radius 2 is 2.29 bits per heavy atom. The van der Waals surface area contributed by atoms with E-state index in [1.165, 1.54) is 12.1 Å². The van der Waals surface area contributed by atoms with Crippen LogP contribution in [0.25, 0.3) is 0 Å². The maximum Gasteiger partial charge on any atom is 0.293 e. The van der Waals surface area contributed by atoms with Gasteiger partial charge in [0.15, 0.2) is 0 Å². The van der Waals surface area contributed by atoms with Crippen LogP contribution in [0.4, 0.5) is 15.8 Å². The van der Waals surface area contributed by atoms with Crippen LogP contribution in [0.2, 0.25) is 0 Å². The molecule has 1 aromatic carbocycles. The molecule has 1 N–H and O–H groups in total. The summed E-state index contributed by atoms with van der Waals surface area (Å²) in [6.07, 6.45) is 1.13. The summed E-state index contributed by atoms with van der Waals surface area (Å²) < 4.78 is 13.6. The zero-order chi connectivity index (χ0) is 12.6. The summed E-state index contributed by atoms with van der Waals surface area (Å²) in [4.78, 5) is 10.4. The van der Waals surface area contributed by atoms with Gasteiger partial charge in [0, 0.05) is 18.7 Å². The molecule has 1 aliphatic carbocycles. The molecule has 0 radical (unpaired) electrons. The molecule has 17 heavy (non-hydrogen) atoms. The summed E-state index contributed by atoms with van der Waals surface area (Å²) >= 11 is 1.75. The van der Waals surface area contributed by atoms with E-state index in [-0.39, 0.29) is 14.9 Å². The molecule has 2 rings (SSSR count). The third-order valence-electron chi connectivity index (χ3n) is 3.07. The summed E-state index contributed by atoms with van der Waals surface area (Å²) in [7, 11) is 0. The molecule has 2 atom stereocenters. The van der Waals surface area contributed by atoms with Gasteiger partial charge in [0.25, 0.3) is 5.69 Å². The van der Waals surface area contributed by atoms with Crippen molar-refractivity contribution in [1.29, 1.82) is 0 Å². The topological polar surface area (TPSA) is 55.2 Å². The molecule has 6 heteroatoms. The van der Waals surface area contributed by atoms with Crippen LogP contribution in [0.3, 0.4) is 0 Å². The molecule has 1 aromatic rings. The summed E-state index contributed by atoms with van der Waals surface area (Å²) in [6.45, 7) is 2.80. The maximum atomic E-state index is 13.4. The molecule has 0 spiro atoms. The molecule has 1 fully saturated rings. The normalized spacial score (nSPS) is 22.3. The monoisotopic (exact) mass is 350 g/mol. The van der Waals surface area contributed by atoms with Gasteiger partial charge in [-0.1, -0.05) is 6.92 Å². The number of rotatable bonds is 4. The summed E-state index contributed by atoms with van der Waals surface area (Å²) in [5.74, 6) is 0.787. The van der Waals surface area contributed by atoms with E-state index in [4.69, 9.17) is 0 Å². The number of nitrogens with one attached hydrogen (secondary N) is 1. The van der Waals surface area contributed by atoms with Crippen molar-refractivity contribution in [3.63, 3.8) is 0 Å². The molecule has 1 aliphatic rings. The predicted molar refractivity (Wildman–Crippen MR) is 71.5 cm³/mol. The average molecular weight is 350 g/mol. The molecule has 0 saturated heterocycles. The Bertz CT molecular complexity index is 467. The third kappa shape index (κ3) is 2.85. The van der Waals surface area contributed by atoms with Crippen LogP contribution in [0.1, 0.15) is 13.3 Å². The van der Waals surface area contributed by atoms with Crippen molar-refractivity contribution in [1.82, 2.24) is 0 Å². The molecule has 92 valence electrons. The number of halogens is 2. The Labute approximate surface area is 112 Å². The molecule has 0 bridgehead atoms. The highest BCUT2D eigenvalue weighted by Gasteiger charge is 2.32. The standard InChI is InChI=1S/C11H12FIN2O2/c1-6-2-7(6)5-14-10-3-8(12)9(13)4-11(10)15(16)17/h3-4,6-7,14H,2,5H2,1H3. The quantitative estimate of drug-likeness (QED) is 0.514. The lowest BCUT2D eigenvalue weighted by Gasteiger charge is -2.07. The number of nitro benzene ring substituents is 1. The molecule has 4 nitrogen and oxygen atoms in total. The minimum absolute atomic E-state index is 0.0656. The van der Waals surface area contributed by atoms with Crippen molar-refractivity contribution in [3.05, 3.63) is 31.6 Å². The van der Waals surface area contributed by atoms with E-state index >= 15 is 0 Å². The van der Waals surface area contributed by atoms with E-state index in [0.717, 1.165) is 6.42 Å². The van der Waals surface area contributed by atoms with Gasteiger partial charge in [0.1, 0.15) is 11.5 Å². The predicted octanol–water partition coefficient (Wildman–Crippen LogP) is 3.41. The van der Waals surface area contributed by atoms with Gasteiger partial charge in [-0.15, -0.1) is 0 Å². The molecular weight excluding hydrogens is 338 g/mol. The number of benzene rings is 1. The van der Waals surface area contributed by atoms with Crippen molar-refractivity contribution >= 4 is 34.0 Å². The van der Waals surface area contributed by atoms with Crippen LogP contribution in [-0.4, -0.2) is 11.5 Å². The fourth-order valence-electron chi connectivity index (χ4n) is 1.75. The van der Waals surface area contributed by atoms with E-state index < -0.39 is 10.7 Å². The van der Waals surface area contributed by atoms with E-state index in [9.17, 15) is 14.5 Å². The van der Waals surface area contributed by atoms with E-state index in [1.54, 1.807) is 22.6 Å². The number of anilines is 1. The minimum atomic E-state index is -0.486. The highest BCUT2D eigenvalue weighted by molar-refractivity contribution is 14.1. The zero-order valence-corrected chi connectivity index (χ0v) is 11.4. The Morgan fingerprint density at radius 1 is 1.65 bits per heavy atom. The van der Waals surface area contributed by atoms with Gasteiger partial charge < -0.3 is 5.32 Å². The Kier molecular flexibility index (Phi) is 3.50. The first kappa shape index (κ1) is 12.5. The first-order chi connectivity index (χ1) is 7.99. The number of nitro groups is 1. The van der Waals surface area contributed by atoms with E-state index in [0.29, 0.717) is 18.4 Å². The van der Waals surface area contributed by atoms with Crippen LogP contribution >= 0.6 is 22.6 Å². The van der Waals surface area contributed by atoms with Crippen molar-refractivity contribution in [2.45, 2.75) is 13.3 Å². The number of nitrogens with zero attached hydrogens (tertiary/aromatic N) is 1. The van der Waals surface area contributed by atoms with E-state index in [2.05, 4.69) is 12.2 Å². The smallest absolute Gasteiger partial charge is 0.293 e. The molecule has 0 amide bonds. The lowest BCUT2D eigenvalue weighted by Crippen LogP contribution is -2.07. The molecular formula is C11H12FIN2O2. The van der Waals surface area contributed by atoms with Crippen molar-refractivity contribution in [2.24, 2.45) is 11.8 Å². The molecule has 0 aliphatic heterocycles. The van der Waals surface area contributed by atoms with Gasteiger partial charge >= 0.3 is 0 Å². The van der Waals surface area contributed by atoms with Gasteiger partial charge in [0.2, 0.25) is 0 Å². The highest BCUT2D eigenvalue weighted by atomic mass is 127. The molecule has 1 saturated carbocycles. The summed E-state index contributed by atoms with van der Waals surface area (Å²) in [5.41, 5.74) is 0.205. The van der Waals surface area contributed by atoms with Gasteiger partial charge in [-0.2, -0.15) is 0 Å². The van der Waals surface area contributed by atoms with Crippen molar-refractivity contribution in [2.75, 3.05) is 11.9 Å². The van der Waals surface area contributed by atoms with Crippen molar-refractivity contribution < 1.29 is 9.31 Å². The van der Waals surface area contributed by atoms with Crippen LogP contribution in [-0.2, 0) is 0 Å². The summed E-state index contributed by atoms with van der Waals surface area (Å²) in [5, 5.41) is 13.8. The summed E-state index contributed by atoms with van der Waals surface area (Å²) in [6, 6.07) is 2.46. The first-order valence-electron chi connectivity index (χ1n) is 5.36. The van der Waals surface area contributed by atoms with Gasteiger partial charge in [0.05, 0.1) is 8.49 Å². The SMILES string of the molecule is CC1CC1CNc1cc(F)c(I)cc1[N+](=O)[O-]. The number of hydrogen-bond donors (Lipinski definition) is 1. The largest absolute Gasteiger partial charge is 0.379 e. The Morgan fingerprint density at radius 3 is 2.82 bits per heavy atom. The Balaban J connectivity index is 2.18. The average Bonchev–Trinajstić information content (AvgIpc) is 2.95. The second-order valence-electron chi connectivity index (χ2n) is 4.39. The minimum Gasteiger partial charge on any atom is -0.379 e. The van der Waals surface area contributed by atoms with Crippen LogP contribution < -0.4 is 5.32 Å². The van der Waals surface area contributed by atoms with Crippen LogP contribution in [0.15, 0.2) is 12.1 Å². The van der Waals surface area contributed by atoms with Gasteiger partial charge in [-0.3, -0.25) is 10.1 Å². The fourth-order valence-corrected chi connectivity index (χ4v) is 2.20. The Hall–Kier alpha value is -0.920. The highest BCUT2D eigenvalue weighted by Crippen LogP contribution is 2.38. The lowest BCUT2D eigenvalue weighted by molar-refractivity contribution is -0.384. The first-order valence-corrected chi connectivity index (χ1v) is 6.44. The van der Waals surface area contributed by atoms with Crippen LogP contribution in [0.5, 0.6) is 0 Å². The molecule has 0 aromatic heterocycles. The second kappa shape index (κ2) is 4.75. The van der Waals surface area contributed by atoms with Crippen LogP contribution in [0, 0.1) is 31.3 Å². The second-order valence-corrected chi connectivity index (χ2v) is 5.56. The molecule has 0 heterocycles. The molecule has 2 unspecified atom stereocenters. The van der Waals surface area contributed by atoms with E-state index in [1.807, 2.05) is 0 Å². The zero-order valence-electron chi connectivity index (χ0n) is 9.24. The van der Waals surface area contributed by atoms with Crippen molar-refractivity contribution in [3.8, 4) is 0 Å². The lowest BCUT2D eigenvalue weighted by atomic mass is 10.2. The van der Waals surface area contributed by atoms with Gasteiger partial charge in [-0.25, -0.2) is 4.39 Å². The fraction of sp³-hybridized carbons (Fsp3) is 0.455. The maximum absolute atomic E-state index is 13.4. The third-order valence-corrected chi connectivity index (χ3v) is 3.89.